The van der Waals surface area contributed by atoms with Crippen molar-refractivity contribution < 1.29 is 9.53 Å². The SMILES string of the molecule is Cc1ccc(=O)n(CC(=O)OCC(C)C)c1. The Labute approximate surface area is 94.9 Å². The fourth-order valence-corrected chi connectivity index (χ4v) is 1.22. The second kappa shape index (κ2) is 5.49. The van der Waals surface area contributed by atoms with E-state index in [2.05, 4.69) is 0 Å². The van der Waals surface area contributed by atoms with Crippen LogP contribution in [0.5, 0.6) is 0 Å². The summed E-state index contributed by atoms with van der Waals surface area (Å²) in [5.74, 6) is -0.0698. The Morgan fingerprint density at radius 2 is 2.12 bits per heavy atom. The summed E-state index contributed by atoms with van der Waals surface area (Å²) in [5.41, 5.74) is 0.753. The average molecular weight is 223 g/mol. The molecule has 0 aliphatic carbocycles. The Kier molecular flexibility index (Phi) is 4.28. The minimum Gasteiger partial charge on any atom is -0.464 e. The molecule has 4 heteroatoms. The van der Waals surface area contributed by atoms with Crippen LogP contribution in [-0.4, -0.2) is 17.1 Å². The van der Waals surface area contributed by atoms with E-state index in [9.17, 15) is 9.59 Å². The van der Waals surface area contributed by atoms with E-state index in [4.69, 9.17) is 4.74 Å². The predicted molar refractivity (Wildman–Crippen MR) is 61.2 cm³/mol. The van der Waals surface area contributed by atoms with Gasteiger partial charge in [0.1, 0.15) is 6.54 Å². The lowest BCUT2D eigenvalue weighted by molar-refractivity contribution is -0.145. The van der Waals surface area contributed by atoms with E-state index in [1.807, 2.05) is 20.8 Å². The van der Waals surface area contributed by atoms with Gasteiger partial charge in [0.15, 0.2) is 0 Å². The van der Waals surface area contributed by atoms with Gasteiger partial charge in [0, 0.05) is 12.3 Å². The van der Waals surface area contributed by atoms with Crippen molar-refractivity contribution in [2.24, 2.45) is 5.92 Å². The lowest BCUT2D eigenvalue weighted by Crippen LogP contribution is -2.25. The van der Waals surface area contributed by atoms with Crippen LogP contribution >= 0.6 is 0 Å². The number of carbonyl (C=O) groups excluding carboxylic acids is 1. The van der Waals surface area contributed by atoms with Crippen molar-refractivity contribution in [2.75, 3.05) is 6.61 Å². The highest BCUT2D eigenvalue weighted by Crippen LogP contribution is 1.96. The van der Waals surface area contributed by atoms with Crippen LogP contribution in [0.25, 0.3) is 0 Å². The molecule has 0 fully saturated rings. The molecular weight excluding hydrogens is 206 g/mol. The third-order valence-corrected chi connectivity index (χ3v) is 2.01. The number of esters is 1. The molecule has 0 spiro atoms. The van der Waals surface area contributed by atoms with Gasteiger partial charge in [0.05, 0.1) is 6.61 Å². The number of nitrogens with zero attached hydrogens (tertiary/aromatic N) is 1. The van der Waals surface area contributed by atoms with Crippen LogP contribution in [0.3, 0.4) is 0 Å². The molecule has 0 aliphatic heterocycles. The second-order valence-electron chi connectivity index (χ2n) is 4.25. The summed E-state index contributed by atoms with van der Waals surface area (Å²) in [7, 11) is 0. The third kappa shape index (κ3) is 3.88. The summed E-state index contributed by atoms with van der Waals surface area (Å²) >= 11 is 0. The zero-order valence-electron chi connectivity index (χ0n) is 9.90. The van der Waals surface area contributed by atoms with Gasteiger partial charge in [-0.3, -0.25) is 9.59 Å². The normalized spacial score (nSPS) is 10.5. The quantitative estimate of drug-likeness (QED) is 0.724. The molecule has 88 valence electrons. The molecule has 0 unspecified atom stereocenters. The lowest BCUT2D eigenvalue weighted by atomic mass is 10.2. The molecule has 0 aromatic carbocycles. The summed E-state index contributed by atoms with van der Waals surface area (Å²) in [6, 6.07) is 3.17. The molecule has 0 N–H and O–H groups in total. The molecule has 0 saturated heterocycles. The number of hydrogen-bond donors (Lipinski definition) is 0. The molecule has 1 rings (SSSR count). The number of aryl methyl sites for hydroxylation is 1. The molecule has 0 radical (unpaired) electrons. The van der Waals surface area contributed by atoms with Gasteiger partial charge in [0.2, 0.25) is 0 Å². The lowest BCUT2D eigenvalue weighted by Gasteiger charge is -2.08. The minimum absolute atomic E-state index is 0.0206. The molecule has 1 aromatic rings. The highest BCUT2D eigenvalue weighted by Gasteiger charge is 2.06. The van der Waals surface area contributed by atoms with Crippen molar-refractivity contribution >= 4 is 5.97 Å². The Balaban J connectivity index is 2.62. The van der Waals surface area contributed by atoms with Crippen LogP contribution < -0.4 is 5.56 Å². The fraction of sp³-hybridized carbons (Fsp3) is 0.500. The zero-order chi connectivity index (χ0) is 12.1. The highest BCUT2D eigenvalue weighted by atomic mass is 16.5. The van der Waals surface area contributed by atoms with Crippen LogP contribution in [0.15, 0.2) is 23.1 Å². The van der Waals surface area contributed by atoms with Gasteiger partial charge in [-0.25, -0.2) is 0 Å². The fourth-order valence-electron chi connectivity index (χ4n) is 1.22. The molecule has 0 atom stereocenters. The Morgan fingerprint density at radius 3 is 2.75 bits per heavy atom. The van der Waals surface area contributed by atoms with Crippen LogP contribution in [0, 0.1) is 12.8 Å². The number of aromatic nitrogens is 1. The first-order chi connectivity index (χ1) is 7.49. The summed E-state index contributed by atoms with van der Waals surface area (Å²) in [4.78, 5) is 22.8. The van der Waals surface area contributed by atoms with Gasteiger partial charge >= 0.3 is 5.97 Å². The molecular formula is C12H17NO3. The van der Waals surface area contributed by atoms with E-state index in [0.29, 0.717) is 12.5 Å². The third-order valence-electron chi connectivity index (χ3n) is 2.01. The van der Waals surface area contributed by atoms with Crippen LogP contribution in [0.1, 0.15) is 19.4 Å². The van der Waals surface area contributed by atoms with Crippen molar-refractivity contribution in [3.05, 3.63) is 34.2 Å². The zero-order valence-corrected chi connectivity index (χ0v) is 9.90. The molecule has 1 aromatic heterocycles. The van der Waals surface area contributed by atoms with Gasteiger partial charge < -0.3 is 9.30 Å². The standard InChI is InChI=1S/C12H17NO3/c1-9(2)8-16-12(15)7-13-6-10(3)4-5-11(13)14/h4-6,9H,7-8H2,1-3H3. The average Bonchev–Trinajstić information content (AvgIpc) is 2.20. The summed E-state index contributed by atoms with van der Waals surface area (Å²) < 4.78 is 6.36. The number of hydrogen-bond acceptors (Lipinski definition) is 3. The Hall–Kier alpha value is -1.58. The summed E-state index contributed by atoms with van der Waals surface area (Å²) in [5, 5.41) is 0. The molecule has 0 amide bonds. The first-order valence-electron chi connectivity index (χ1n) is 5.31. The number of carbonyl (C=O) groups is 1. The first-order valence-corrected chi connectivity index (χ1v) is 5.31. The van der Waals surface area contributed by atoms with E-state index in [1.54, 1.807) is 12.3 Å². The van der Waals surface area contributed by atoms with Crippen LogP contribution in [0.4, 0.5) is 0 Å². The summed E-state index contributed by atoms with van der Waals surface area (Å²) in [6.07, 6.45) is 1.65. The monoisotopic (exact) mass is 223 g/mol. The number of rotatable bonds is 4. The Bertz CT molecular complexity index is 421. The number of ether oxygens (including phenoxy) is 1. The van der Waals surface area contributed by atoms with Crippen molar-refractivity contribution in [1.82, 2.24) is 4.57 Å². The largest absolute Gasteiger partial charge is 0.464 e. The first kappa shape index (κ1) is 12.5. The van der Waals surface area contributed by atoms with Gasteiger partial charge in [-0.15, -0.1) is 0 Å². The molecule has 16 heavy (non-hydrogen) atoms. The van der Waals surface area contributed by atoms with E-state index >= 15 is 0 Å². The van der Waals surface area contributed by atoms with Crippen molar-refractivity contribution in [1.29, 1.82) is 0 Å². The van der Waals surface area contributed by atoms with Gasteiger partial charge in [-0.05, 0) is 18.4 Å². The molecule has 1 heterocycles. The maximum Gasteiger partial charge on any atom is 0.326 e. The predicted octanol–water partition coefficient (Wildman–Crippen LogP) is 1.36. The van der Waals surface area contributed by atoms with Crippen LogP contribution in [-0.2, 0) is 16.1 Å². The smallest absolute Gasteiger partial charge is 0.326 e. The van der Waals surface area contributed by atoms with Gasteiger partial charge in [0.25, 0.3) is 5.56 Å². The highest BCUT2D eigenvalue weighted by molar-refractivity contribution is 5.69. The molecule has 4 nitrogen and oxygen atoms in total. The maximum atomic E-state index is 11.4. The molecule has 0 aliphatic rings. The second-order valence-corrected chi connectivity index (χ2v) is 4.25. The van der Waals surface area contributed by atoms with Crippen molar-refractivity contribution in [3.63, 3.8) is 0 Å². The number of pyridine rings is 1. The topological polar surface area (TPSA) is 48.3 Å². The van der Waals surface area contributed by atoms with Gasteiger partial charge in [-0.2, -0.15) is 0 Å². The molecule has 0 saturated carbocycles. The van der Waals surface area contributed by atoms with E-state index in [1.165, 1.54) is 10.6 Å². The maximum absolute atomic E-state index is 11.4. The van der Waals surface area contributed by atoms with E-state index in [0.717, 1.165) is 5.56 Å². The van der Waals surface area contributed by atoms with Crippen LogP contribution in [0.2, 0.25) is 0 Å². The Morgan fingerprint density at radius 1 is 1.44 bits per heavy atom. The minimum atomic E-state index is -0.374. The van der Waals surface area contributed by atoms with Crippen molar-refractivity contribution in [3.8, 4) is 0 Å². The van der Waals surface area contributed by atoms with E-state index in [-0.39, 0.29) is 18.1 Å². The van der Waals surface area contributed by atoms with E-state index < -0.39 is 0 Å². The summed E-state index contributed by atoms with van der Waals surface area (Å²) in [6.45, 7) is 6.17. The van der Waals surface area contributed by atoms with Gasteiger partial charge in [-0.1, -0.05) is 19.9 Å². The molecule has 0 bridgehead atoms. The van der Waals surface area contributed by atoms with Crippen molar-refractivity contribution in [2.45, 2.75) is 27.3 Å².